The molecule has 0 radical (unpaired) electrons. The first-order valence-electron chi connectivity index (χ1n) is 5.86. The number of piperidine rings is 1. The molecule has 2 N–H and O–H groups in total. The molecule has 1 aliphatic rings. The van der Waals surface area contributed by atoms with Crippen LogP contribution in [-0.2, 0) is 4.74 Å². The Balaban J connectivity index is 2.18. The van der Waals surface area contributed by atoms with Crippen molar-refractivity contribution < 1.29 is 4.74 Å². The molecule has 0 aromatic carbocycles. The average molecular weight is 245 g/mol. The number of thiocarbonyl (C=S) groups is 1. The van der Waals surface area contributed by atoms with E-state index in [1.165, 1.54) is 0 Å². The summed E-state index contributed by atoms with van der Waals surface area (Å²) >= 11 is 5.26. The molecule has 4 nitrogen and oxygen atoms in total. The van der Waals surface area contributed by atoms with Gasteiger partial charge in [0.15, 0.2) is 5.11 Å². The number of hydrogen-bond acceptors (Lipinski definition) is 3. The highest BCUT2D eigenvalue weighted by atomic mass is 32.1. The summed E-state index contributed by atoms with van der Waals surface area (Å²) in [6, 6.07) is 0.780. The minimum absolute atomic E-state index is 0.260. The van der Waals surface area contributed by atoms with Crippen molar-refractivity contribution in [3.63, 3.8) is 0 Å². The van der Waals surface area contributed by atoms with Crippen molar-refractivity contribution >= 4 is 17.3 Å². The number of nitrogens with one attached hydrogen (secondary N) is 2. The van der Waals surface area contributed by atoms with Gasteiger partial charge in [-0.2, -0.15) is 0 Å². The fourth-order valence-corrected chi connectivity index (χ4v) is 2.26. The first-order chi connectivity index (χ1) is 7.61. The largest absolute Gasteiger partial charge is 0.383 e. The van der Waals surface area contributed by atoms with E-state index in [1.54, 1.807) is 7.11 Å². The zero-order chi connectivity index (χ0) is 12.0. The van der Waals surface area contributed by atoms with E-state index in [-0.39, 0.29) is 6.04 Å². The van der Waals surface area contributed by atoms with Crippen molar-refractivity contribution in [2.75, 3.05) is 33.9 Å². The van der Waals surface area contributed by atoms with Crippen LogP contribution in [0, 0.1) is 0 Å². The van der Waals surface area contributed by atoms with Crippen molar-refractivity contribution in [1.29, 1.82) is 0 Å². The predicted octanol–water partition coefficient (Wildman–Crippen LogP) is 0.580. The number of nitrogens with zero attached hydrogens (tertiary/aromatic N) is 1. The van der Waals surface area contributed by atoms with Gasteiger partial charge in [0.2, 0.25) is 0 Å². The molecule has 0 aromatic heterocycles. The lowest BCUT2D eigenvalue weighted by molar-refractivity contribution is 0.179. The van der Waals surface area contributed by atoms with E-state index in [0.29, 0.717) is 12.6 Å². The molecule has 1 rings (SSSR count). The monoisotopic (exact) mass is 245 g/mol. The predicted molar refractivity (Wildman–Crippen MR) is 70.7 cm³/mol. The van der Waals surface area contributed by atoms with Crippen LogP contribution in [-0.4, -0.2) is 55.9 Å². The SMILES string of the molecule is COCC(C)NC(=S)NC1CCN(C)CC1. The maximum atomic E-state index is 5.26. The lowest BCUT2D eigenvalue weighted by atomic mass is 10.1. The number of ether oxygens (including phenoxy) is 1. The molecule has 0 bridgehead atoms. The second kappa shape index (κ2) is 7.04. The van der Waals surface area contributed by atoms with E-state index in [4.69, 9.17) is 17.0 Å². The molecule has 1 saturated heterocycles. The summed E-state index contributed by atoms with van der Waals surface area (Å²) in [6.07, 6.45) is 2.33. The summed E-state index contributed by atoms with van der Waals surface area (Å²) in [7, 11) is 3.86. The van der Waals surface area contributed by atoms with Crippen LogP contribution in [0.1, 0.15) is 19.8 Å². The zero-order valence-corrected chi connectivity index (χ0v) is 11.3. The fraction of sp³-hybridized carbons (Fsp3) is 0.909. The van der Waals surface area contributed by atoms with E-state index in [1.807, 2.05) is 0 Å². The van der Waals surface area contributed by atoms with Crippen LogP contribution in [0.3, 0.4) is 0 Å². The maximum absolute atomic E-state index is 5.26. The van der Waals surface area contributed by atoms with Gasteiger partial charge in [-0.1, -0.05) is 0 Å². The normalized spacial score (nSPS) is 20.4. The summed E-state index contributed by atoms with van der Waals surface area (Å²) in [4.78, 5) is 2.35. The molecule has 1 heterocycles. The fourth-order valence-electron chi connectivity index (χ4n) is 1.90. The number of likely N-dealkylation sites (tertiary alicyclic amines) is 1. The summed E-state index contributed by atoms with van der Waals surface area (Å²) in [5.74, 6) is 0. The standard InChI is InChI=1S/C11H23N3OS/c1-9(8-15-3)12-11(16)13-10-4-6-14(2)7-5-10/h9-10H,4-8H2,1-3H3,(H2,12,13,16). The molecule has 0 aromatic rings. The first kappa shape index (κ1) is 13.7. The molecule has 1 fully saturated rings. The highest BCUT2D eigenvalue weighted by molar-refractivity contribution is 7.80. The Labute approximate surface area is 104 Å². The Morgan fingerprint density at radius 3 is 2.69 bits per heavy atom. The van der Waals surface area contributed by atoms with E-state index in [0.717, 1.165) is 31.0 Å². The lowest BCUT2D eigenvalue weighted by Gasteiger charge is -2.30. The van der Waals surface area contributed by atoms with Crippen LogP contribution in [0.4, 0.5) is 0 Å². The number of methoxy groups -OCH3 is 1. The maximum Gasteiger partial charge on any atom is 0.166 e. The molecule has 0 saturated carbocycles. The smallest absolute Gasteiger partial charge is 0.166 e. The first-order valence-corrected chi connectivity index (χ1v) is 6.27. The molecule has 5 heteroatoms. The number of hydrogen-bond donors (Lipinski definition) is 2. The topological polar surface area (TPSA) is 36.5 Å². The second-order valence-electron chi connectivity index (χ2n) is 4.55. The summed E-state index contributed by atoms with van der Waals surface area (Å²) in [6.45, 7) is 5.03. The Morgan fingerprint density at radius 1 is 1.50 bits per heavy atom. The molecule has 94 valence electrons. The van der Waals surface area contributed by atoms with Crippen LogP contribution in [0.25, 0.3) is 0 Å². The molecule has 1 aliphatic heterocycles. The summed E-state index contributed by atoms with van der Waals surface area (Å²) < 4.78 is 5.05. The van der Waals surface area contributed by atoms with Gasteiger partial charge < -0.3 is 20.3 Å². The molecule has 16 heavy (non-hydrogen) atoms. The van der Waals surface area contributed by atoms with Gasteiger partial charge in [-0.3, -0.25) is 0 Å². The van der Waals surface area contributed by atoms with Crippen LogP contribution in [0.15, 0.2) is 0 Å². The summed E-state index contributed by atoms with van der Waals surface area (Å²) in [5.41, 5.74) is 0. The second-order valence-corrected chi connectivity index (χ2v) is 4.96. The molecule has 1 unspecified atom stereocenters. The van der Waals surface area contributed by atoms with Crippen LogP contribution < -0.4 is 10.6 Å². The molecule has 1 atom stereocenters. The minimum atomic E-state index is 0.260. The summed E-state index contributed by atoms with van der Waals surface area (Å²) in [5, 5.41) is 7.34. The van der Waals surface area contributed by atoms with Gasteiger partial charge in [0.25, 0.3) is 0 Å². The van der Waals surface area contributed by atoms with Gasteiger partial charge >= 0.3 is 0 Å². The van der Waals surface area contributed by atoms with E-state index >= 15 is 0 Å². The Morgan fingerprint density at radius 2 is 2.12 bits per heavy atom. The van der Waals surface area contributed by atoms with E-state index in [2.05, 4.69) is 29.5 Å². The highest BCUT2D eigenvalue weighted by Gasteiger charge is 2.17. The van der Waals surface area contributed by atoms with Crippen molar-refractivity contribution in [2.24, 2.45) is 0 Å². The highest BCUT2D eigenvalue weighted by Crippen LogP contribution is 2.07. The van der Waals surface area contributed by atoms with Gasteiger partial charge in [-0.15, -0.1) is 0 Å². The van der Waals surface area contributed by atoms with Crippen molar-refractivity contribution in [2.45, 2.75) is 31.8 Å². The quantitative estimate of drug-likeness (QED) is 0.709. The zero-order valence-electron chi connectivity index (χ0n) is 10.5. The Hall–Kier alpha value is -0.390. The van der Waals surface area contributed by atoms with Crippen LogP contribution in [0.5, 0.6) is 0 Å². The molecular formula is C11H23N3OS. The van der Waals surface area contributed by atoms with Crippen molar-refractivity contribution in [1.82, 2.24) is 15.5 Å². The average Bonchev–Trinajstić information content (AvgIpc) is 2.21. The van der Waals surface area contributed by atoms with Gasteiger partial charge in [0.1, 0.15) is 0 Å². The molecule has 0 spiro atoms. The minimum Gasteiger partial charge on any atom is -0.383 e. The molecule has 0 amide bonds. The van der Waals surface area contributed by atoms with Crippen LogP contribution in [0.2, 0.25) is 0 Å². The van der Waals surface area contributed by atoms with Gasteiger partial charge in [0.05, 0.1) is 6.61 Å². The van der Waals surface area contributed by atoms with Crippen molar-refractivity contribution in [3.05, 3.63) is 0 Å². The molecule has 0 aliphatic carbocycles. The lowest BCUT2D eigenvalue weighted by Crippen LogP contribution is -2.49. The van der Waals surface area contributed by atoms with E-state index < -0.39 is 0 Å². The Bertz CT molecular complexity index is 217. The van der Waals surface area contributed by atoms with Gasteiger partial charge in [0, 0.05) is 19.2 Å². The molecular weight excluding hydrogens is 222 g/mol. The van der Waals surface area contributed by atoms with Crippen molar-refractivity contribution in [3.8, 4) is 0 Å². The third-order valence-corrected chi connectivity index (χ3v) is 3.08. The third-order valence-electron chi connectivity index (χ3n) is 2.85. The number of rotatable bonds is 4. The van der Waals surface area contributed by atoms with Crippen LogP contribution >= 0.6 is 12.2 Å². The van der Waals surface area contributed by atoms with Gasteiger partial charge in [-0.05, 0) is 52.1 Å². The van der Waals surface area contributed by atoms with Gasteiger partial charge in [-0.25, -0.2) is 0 Å². The Kier molecular flexibility index (Phi) is 6.01. The third kappa shape index (κ3) is 5.09. The van der Waals surface area contributed by atoms with E-state index in [9.17, 15) is 0 Å².